The Morgan fingerprint density at radius 3 is 2.69 bits per heavy atom. The van der Waals surface area contributed by atoms with Crippen molar-refractivity contribution in [3.63, 3.8) is 0 Å². The van der Waals surface area contributed by atoms with E-state index in [9.17, 15) is 0 Å². The summed E-state index contributed by atoms with van der Waals surface area (Å²) in [4.78, 5) is 0. The number of ether oxygens (including phenoxy) is 2. The van der Waals surface area contributed by atoms with Gasteiger partial charge in [0.2, 0.25) is 0 Å². The average Bonchev–Trinajstić information content (AvgIpc) is 3.14. The molecule has 86 valence electrons. The molecule has 16 heavy (non-hydrogen) atoms. The van der Waals surface area contributed by atoms with Crippen molar-refractivity contribution in [2.24, 2.45) is 11.8 Å². The first-order valence-electron chi connectivity index (χ1n) is 5.73. The first kappa shape index (κ1) is 9.93. The van der Waals surface area contributed by atoms with Crippen molar-refractivity contribution in [3.05, 3.63) is 24.3 Å². The van der Waals surface area contributed by atoms with Gasteiger partial charge in [0.05, 0.1) is 6.04 Å². The molecule has 3 N–H and O–H groups in total. The minimum Gasteiger partial charge on any atom is -0.486 e. The standard InChI is InChI=1S/C12H16N2O2/c13-14-12(8-5-6-8)11-7-15-9-3-1-2-4-10(9)16-11/h1-4,8,11-12,14H,5-7,13H2. The second-order valence-electron chi connectivity index (χ2n) is 4.44. The van der Waals surface area contributed by atoms with Crippen molar-refractivity contribution < 1.29 is 9.47 Å². The summed E-state index contributed by atoms with van der Waals surface area (Å²) in [5.74, 6) is 7.86. The van der Waals surface area contributed by atoms with Crippen molar-refractivity contribution in [2.75, 3.05) is 6.61 Å². The summed E-state index contributed by atoms with van der Waals surface area (Å²) < 4.78 is 11.6. The number of para-hydroxylation sites is 2. The molecular weight excluding hydrogens is 204 g/mol. The van der Waals surface area contributed by atoms with E-state index in [0.717, 1.165) is 11.5 Å². The van der Waals surface area contributed by atoms with Crippen LogP contribution in [0.1, 0.15) is 12.8 Å². The first-order chi connectivity index (χ1) is 7.88. The lowest BCUT2D eigenvalue weighted by atomic mass is 10.1. The number of benzene rings is 1. The molecule has 2 atom stereocenters. The van der Waals surface area contributed by atoms with Gasteiger partial charge in [0.1, 0.15) is 12.7 Å². The number of rotatable bonds is 3. The van der Waals surface area contributed by atoms with Gasteiger partial charge in [0.15, 0.2) is 11.5 Å². The van der Waals surface area contributed by atoms with Gasteiger partial charge in [-0.05, 0) is 30.9 Å². The summed E-state index contributed by atoms with van der Waals surface area (Å²) in [6.07, 6.45) is 2.49. The van der Waals surface area contributed by atoms with E-state index in [4.69, 9.17) is 15.3 Å². The molecule has 1 aromatic carbocycles. The van der Waals surface area contributed by atoms with Crippen LogP contribution in [0, 0.1) is 5.92 Å². The summed E-state index contributed by atoms with van der Waals surface area (Å²) >= 11 is 0. The van der Waals surface area contributed by atoms with Gasteiger partial charge in [-0.25, -0.2) is 0 Å². The molecule has 0 spiro atoms. The van der Waals surface area contributed by atoms with Crippen LogP contribution in [0.4, 0.5) is 0 Å². The smallest absolute Gasteiger partial charge is 0.161 e. The zero-order valence-corrected chi connectivity index (χ0v) is 9.06. The summed E-state index contributed by atoms with van der Waals surface area (Å²) in [7, 11) is 0. The third-order valence-electron chi connectivity index (χ3n) is 3.25. The fraction of sp³-hybridized carbons (Fsp3) is 0.500. The molecule has 4 nitrogen and oxygen atoms in total. The third kappa shape index (κ3) is 1.74. The molecule has 0 radical (unpaired) electrons. The van der Waals surface area contributed by atoms with Gasteiger partial charge in [0.25, 0.3) is 0 Å². The Kier molecular flexibility index (Phi) is 2.46. The molecule has 0 amide bonds. The molecule has 1 aromatic rings. The Bertz CT molecular complexity index is 379. The van der Waals surface area contributed by atoms with Crippen molar-refractivity contribution >= 4 is 0 Å². The zero-order chi connectivity index (χ0) is 11.0. The maximum Gasteiger partial charge on any atom is 0.161 e. The van der Waals surface area contributed by atoms with Crippen LogP contribution in [0.5, 0.6) is 11.5 Å². The number of hydrazine groups is 1. The lowest BCUT2D eigenvalue weighted by Gasteiger charge is -2.31. The number of nitrogens with one attached hydrogen (secondary N) is 1. The summed E-state index contributed by atoms with van der Waals surface area (Å²) in [5.41, 5.74) is 2.86. The van der Waals surface area contributed by atoms with Gasteiger partial charge >= 0.3 is 0 Å². The van der Waals surface area contributed by atoms with E-state index in [-0.39, 0.29) is 12.1 Å². The minimum atomic E-state index is 0.0207. The molecule has 0 saturated heterocycles. The average molecular weight is 220 g/mol. The van der Waals surface area contributed by atoms with Crippen molar-refractivity contribution in [1.82, 2.24) is 5.43 Å². The van der Waals surface area contributed by atoms with Crippen LogP contribution >= 0.6 is 0 Å². The maximum absolute atomic E-state index is 5.92. The Balaban J connectivity index is 1.76. The number of hydrogen-bond donors (Lipinski definition) is 2. The third-order valence-corrected chi connectivity index (χ3v) is 3.25. The molecule has 1 aliphatic heterocycles. The highest BCUT2D eigenvalue weighted by atomic mass is 16.6. The van der Waals surface area contributed by atoms with Gasteiger partial charge in [-0.15, -0.1) is 0 Å². The van der Waals surface area contributed by atoms with Gasteiger partial charge in [0, 0.05) is 0 Å². The van der Waals surface area contributed by atoms with E-state index < -0.39 is 0 Å². The summed E-state index contributed by atoms with van der Waals surface area (Å²) in [6.45, 7) is 0.572. The molecule has 1 fully saturated rings. The van der Waals surface area contributed by atoms with E-state index in [2.05, 4.69) is 5.43 Å². The van der Waals surface area contributed by atoms with Crippen LogP contribution in [0.25, 0.3) is 0 Å². The Morgan fingerprint density at radius 2 is 2.00 bits per heavy atom. The normalized spacial score (nSPS) is 25.2. The maximum atomic E-state index is 5.92. The molecule has 3 rings (SSSR count). The van der Waals surface area contributed by atoms with Crippen molar-refractivity contribution in [1.29, 1.82) is 0 Å². The molecule has 1 aliphatic carbocycles. The first-order valence-corrected chi connectivity index (χ1v) is 5.73. The summed E-state index contributed by atoms with van der Waals surface area (Å²) in [5, 5.41) is 0. The van der Waals surface area contributed by atoms with Gasteiger partial charge in [-0.1, -0.05) is 12.1 Å². The molecule has 0 aromatic heterocycles. The fourth-order valence-corrected chi connectivity index (χ4v) is 2.22. The quantitative estimate of drug-likeness (QED) is 0.591. The van der Waals surface area contributed by atoms with Crippen LogP contribution < -0.4 is 20.7 Å². The van der Waals surface area contributed by atoms with E-state index in [1.165, 1.54) is 12.8 Å². The number of nitrogens with two attached hydrogens (primary N) is 1. The summed E-state index contributed by atoms with van der Waals surface area (Å²) in [6, 6.07) is 7.96. The molecular formula is C12H16N2O2. The molecule has 0 bridgehead atoms. The zero-order valence-electron chi connectivity index (χ0n) is 9.06. The van der Waals surface area contributed by atoms with Gasteiger partial charge in [-0.3, -0.25) is 11.3 Å². The molecule has 2 unspecified atom stereocenters. The van der Waals surface area contributed by atoms with Gasteiger partial charge < -0.3 is 9.47 Å². The second-order valence-corrected chi connectivity index (χ2v) is 4.44. The van der Waals surface area contributed by atoms with Crippen LogP contribution in [0.15, 0.2) is 24.3 Å². The lowest BCUT2D eigenvalue weighted by molar-refractivity contribution is 0.0557. The molecule has 1 heterocycles. The molecule has 2 aliphatic rings. The van der Waals surface area contributed by atoms with Crippen LogP contribution in [0.2, 0.25) is 0 Å². The van der Waals surface area contributed by atoms with E-state index >= 15 is 0 Å². The van der Waals surface area contributed by atoms with E-state index in [1.54, 1.807) is 0 Å². The second kappa shape index (κ2) is 3.96. The largest absolute Gasteiger partial charge is 0.486 e. The van der Waals surface area contributed by atoms with Crippen molar-refractivity contribution in [3.8, 4) is 11.5 Å². The van der Waals surface area contributed by atoms with Crippen LogP contribution in [-0.2, 0) is 0 Å². The molecule has 4 heteroatoms. The van der Waals surface area contributed by atoms with Crippen LogP contribution in [0.3, 0.4) is 0 Å². The molecule has 1 saturated carbocycles. The highest BCUT2D eigenvalue weighted by Gasteiger charge is 2.39. The van der Waals surface area contributed by atoms with Crippen LogP contribution in [-0.4, -0.2) is 18.8 Å². The van der Waals surface area contributed by atoms with E-state index in [0.29, 0.717) is 12.5 Å². The highest BCUT2D eigenvalue weighted by molar-refractivity contribution is 5.40. The predicted molar refractivity (Wildman–Crippen MR) is 60.2 cm³/mol. The fourth-order valence-electron chi connectivity index (χ4n) is 2.22. The predicted octanol–water partition coefficient (Wildman–Crippen LogP) is 1.07. The Labute approximate surface area is 94.7 Å². The number of fused-ring (bicyclic) bond motifs is 1. The van der Waals surface area contributed by atoms with Gasteiger partial charge in [-0.2, -0.15) is 0 Å². The minimum absolute atomic E-state index is 0.0207. The Morgan fingerprint density at radius 1 is 1.25 bits per heavy atom. The lowest BCUT2D eigenvalue weighted by Crippen LogP contribution is -2.51. The van der Waals surface area contributed by atoms with Crippen molar-refractivity contribution in [2.45, 2.75) is 25.0 Å². The number of hydrogen-bond acceptors (Lipinski definition) is 4. The Hall–Kier alpha value is -1.26. The highest BCUT2D eigenvalue weighted by Crippen LogP contribution is 2.38. The van der Waals surface area contributed by atoms with E-state index in [1.807, 2.05) is 24.3 Å². The topological polar surface area (TPSA) is 56.5 Å². The SMILES string of the molecule is NNC(C1CC1)C1COc2ccccc2O1. The monoisotopic (exact) mass is 220 g/mol.